The molecule has 1 aliphatic carbocycles. The predicted octanol–water partition coefficient (Wildman–Crippen LogP) is 2.78. The van der Waals surface area contributed by atoms with Crippen molar-refractivity contribution in [1.82, 2.24) is 5.32 Å². The molecule has 0 saturated heterocycles. The van der Waals surface area contributed by atoms with E-state index in [0.717, 1.165) is 30.8 Å². The minimum Gasteiger partial charge on any atom is -0.493 e. The molecule has 0 aliphatic heterocycles. The van der Waals surface area contributed by atoms with Crippen LogP contribution < -0.4 is 14.8 Å². The number of rotatable bonds is 7. The number of aliphatic hydroxyl groups excluding tert-OH is 1. The first kappa shape index (κ1) is 17.1. The molecule has 0 bridgehead atoms. The molecule has 1 fully saturated rings. The van der Waals surface area contributed by atoms with Crippen LogP contribution in [0.5, 0.6) is 11.5 Å². The maximum absolute atomic E-state index is 9.65. The number of hydrogen-bond acceptors (Lipinski definition) is 4. The molecule has 3 atom stereocenters. The quantitative estimate of drug-likeness (QED) is 0.813. The van der Waals surface area contributed by atoms with Crippen LogP contribution in [0.15, 0.2) is 18.2 Å². The summed E-state index contributed by atoms with van der Waals surface area (Å²) in [6.45, 7) is 4.64. The highest BCUT2D eigenvalue weighted by Crippen LogP contribution is 2.37. The van der Waals surface area contributed by atoms with E-state index >= 15 is 0 Å². The van der Waals surface area contributed by atoms with Crippen molar-refractivity contribution in [2.45, 2.75) is 51.6 Å². The highest BCUT2D eigenvalue weighted by molar-refractivity contribution is 5.43. The van der Waals surface area contributed by atoms with Crippen molar-refractivity contribution in [3.63, 3.8) is 0 Å². The van der Waals surface area contributed by atoms with E-state index in [2.05, 4.69) is 25.2 Å². The van der Waals surface area contributed by atoms with Crippen molar-refractivity contribution in [2.75, 3.05) is 20.8 Å². The van der Waals surface area contributed by atoms with Crippen LogP contribution in [0.4, 0.5) is 0 Å². The number of nitrogens with one attached hydrogen (secondary N) is 1. The van der Waals surface area contributed by atoms with E-state index in [4.69, 9.17) is 9.47 Å². The van der Waals surface area contributed by atoms with Crippen LogP contribution in [-0.2, 0) is 6.42 Å². The lowest BCUT2D eigenvalue weighted by Gasteiger charge is -2.32. The molecular weight excluding hydrogens is 278 g/mol. The molecule has 0 heterocycles. The van der Waals surface area contributed by atoms with E-state index in [1.54, 1.807) is 14.2 Å². The second kappa shape index (κ2) is 7.34. The fraction of sp³-hybridized carbons (Fsp3) is 0.667. The van der Waals surface area contributed by atoms with Crippen molar-refractivity contribution in [1.29, 1.82) is 0 Å². The van der Waals surface area contributed by atoms with Gasteiger partial charge in [0.25, 0.3) is 0 Å². The maximum atomic E-state index is 9.65. The summed E-state index contributed by atoms with van der Waals surface area (Å²) in [4.78, 5) is 0. The Morgan fingerprint density at radius 1 is 1.32 bits per heavy atom. The number of ether oxygens (including phenoxy) is 2. The molecule has 3 unspecified atom stereocenters. The number of benzene rings is 1. The van der Waals surface area contributed by atoms with Gasteiger partial charge in [0.05, 0.1) is 14.2 Å². The lowest BCUT2D eigenvalue weighted by atomic mass is 9.85. The standard InChI is InChI=1S/C18H29NO3/c1-13(19-17-6-5-9-18(17,2)12-20)10-14-7-8-15(21-3)16(11-14)22-4/h7-8,11,13,17,19-20H,5-6,9-10,12H2,1-4H3. The summed E-state index contributed by atoms with van der Waals surface area (Å²) in [7, 11) is 3.31. The molecule has 1 aromatic carbocycles. The van der Waals surface area contributed by atoms with Crippen molar-refractivity contribution >= 4 is 0 Å². The first-order valence-electron chi connectivity index (χ1n) is 8.10. The molecule has 0 spiro atoms. The van der Waals surface area contributed by atoms with Gasteiger partial charge in [-0.2, -0.15) is 0 Å². The molecule has 1 aromatic rings. The molecule has 0 radical (unpaired) electrons. The first-order valence-corrected chi connectivity index (χ1v) is 8.10. The highest BCUT2D eigenvalue weighted by Gasteiger charge is 2.38. The second-order valence-corrected chi connectivity index (χ2v) is 6.72. The third-order valence-electron chi connectivity index (χ3n) is 4.92. The predicted molar refractivity (Wildman–Crippen MR) is 88.7 cm³/mol. The molecule has 4 nitrogen and oxygen atoms in total. The Hall–Kier alpha value is -1.26. The van der Waals surface area contributed by atoms with E-state index in [1.807, 2.05) is 12.1 Å². The van der Waals surface area contributed by atoms with Gasteiger partial charge in [-0.3, -0.25) is 0 Å². The minimum absolute atomic E-state index is 0.0197. The molecule has 124 valence electrons. The van der Waals surface area contributed by atoms with Gasteiger partial charge < -0.3 is 19.9 Å². The summed E-state index contributed by atoms with van der Waals surface area (Å²) in [5.41, 5.74) is 1.24. The van der Waals surface area contributed by atoms with Crippen LogP contribution in [0.25, 0.3) is 0 Å². The number of methoxy groups -OCH3 is 2. The molecule has 2 rings (SSSR count). The van der Waals surface area contributed by atoms with E-state index in [1.165, 1.54) is 12.0 Å². The maximum Gasteiger partial charge on any atom is 0.160 e. The highest BCUT2D eigenvalue weighted by atomic mass is 16.5. The van der Waals surface area contributed by atoms with Gasteiger partial charge in [-0.25, -0.2) is 0 Å². The second-order valence-electron chi connectivity index (χ2n) is 6.72. The molecule has 0 aromatic heterocycles. The summed E-state index contributed by atoms with van der Waals surface area (Å²) in [5, 5.41) is 13.4. The SMILES string of the molecule is COc1ccc(CC(C)NC2CCCC2(C)CO)cc1OC. The van der Waals surface area contributed by atoms with E-state index in [-0.39, 0.29) is 12.0 Å². The van der Waals surface area contributed by atoms with E-state index in [9.17, 15) is 5.11 Å². The van der Waals surface area contributed by atoms with E-state index < -0.39 is 0 Å². The Morgan fingerprint density at radius 2 is 2.05 bits per heavy atom. The van der Waals surface area contributed by atoms with Crippen LogP contribution in [0, 0.1) is 5.41 Å². The van der Waals surface area contributed by atoms with Crippen molar-refractivity contribution in [2.24, 2.45) is 5.41 Å². The summed E-state index contributed by atoms with van der Waals surface area (Å²) in [6, 6.07) is 6.82. The average molecular weight is 307 g/mol. The van der Waals surface area contributed by atoms with Crippen LogP contribution in [0.2, 0.25) is 0 Å². The van der Waals surface area contributed by atoms with Gasteiger partial charge >= 0.3 is 0 Å². The Bertz CT molecular complexity index is 491. The summed E-state index contributed by atoms with van der Waals surface area (Å²) in [6.07, 6.45) is 4.37. The van der Waals surface area contributed by atoms with Gasteiger partial charge in [-0.05, 0) is 43.9 Å². The molecular formula is C18H29NO3. The van der Waals surface area contributed by atoms with Crippen LogP contribution in [-0.4, -0.2) is 38.0 Å². The largest absolute Gasteiger partial charge is 0.493 e. The van der Waals surface area contributed by atoms with Crippen molar-refractivity contribution in [3.05, 3.63) is 23.8 Å². The third kappa shape index (κ3) is 3.73. The summed E-state index contributed by atoms with van der Waals surface area (Å²) < 4.78 is 10.6. The minimum atomic E-state index is 0.0197. The van der Waals surface area contributed by atoms with Crippen LogP contribution in [0.1, 0.15) is 38.7 Å². The van der Waals surface area contributed by atoms with Gasteiger partial charge in [0.1, 0.15) is 0 Å². The van der Waals surface area contributed by atoms with Crippen LogP contribution in [0.3, 0.4) is 0 Å². The average Bonchev–Trinajstić information content (AvgIpc) is 2.88. The van der Waals surface area contributed by atoms with Gasteiger partial charge in [0.2, 0.25) is 0 Å². The fourth-order valence-electron chi connectivity index (χ4n) is 3.47. The van der Waals surface area contributed by atoms with Crippen molar-refractivity contribution in [3.8, 4) is 11.5 Å². The van der Waals surface area contributed by atoms with Crippen LogP contribution >= 0.6 is 0 Å². The lowest BCUT2D eigenvalue weighted by molar-refractivity contribution is 0.114. The van der Waals surface area contributed by atoms with E-state index in [0.29, 0.717) is 12.1 Å². The number of hydrogen-bond donors (Lipinski definition) is 2. The normalized spacial score (nSPS) is 26.0. The lowest BCUT2D eigenvalue weighted by Crippen LogP contribution is -2.46. The zero-order valence-corrected chi connectivity index (χ0v) is 14.2. The smallest absolute Gasteiger partial charge is 0.160 e. The monoisotopic (exact) mass is 307 g/mol. The first-order chi connectivity index (χ1) is 10.5. The van der Waals surface area contributed by atoms with Gasteiger partial charge in [-0.1, -0.05) is 19.4 Å². The summed E-state index contributed by atoms with van der Waals surface area (Å²) >= 11 is 0. The fourth-order valence-corrected chi connectivity index (χ4v) is 3.47. The van der Waals surface area contributed by atoms with Gasteiger partial charge in [0, 0.05) is 24.1 Å². The molecule has 0 amide bonds. The topological polar surface area (TPSA) is 50.7 Å². The molecule has 4 heteroatoms. The molecule has 22 heavy (non-hydrogen) atoms. The van der Waals surface area contributed by atoms with Crippen molar-refractivity contribution < 1.29 is 14.6 Å². The zero-order valence-electron chi connectivity index (χ0n) is 14.2. The molecule has 1 aliphatic rings. The molecule has 1 saturated carbocycles. The molecule has 2 N–H and O–H groups in total. The summed E-state index contributed by atoms with van der Waals surface area (Å²) in [5.74, 6) is 1.53. The van der Waals surface area contributed by atoms with Gasteiger partial charge in [-0.15, -0.1) is 0 Å². The number of aliphatic hydroxyl groups is 1. The Kier molecular flexibility index (Phi) is 5.70. The van der Waals surface area contributed by atoms with Gasteiger partial charge in [0.15, 0.2) is 11.5 Å². The Labute approximate surface area is 133 Å². The Balaban J connectivity index is 1.98. The Morgan fingerprint density at radius 3 is 2.68 bits per heavy atom. The third-order valence-corrected chi connectivity index (χ3v) is 4.92. The zero-order chi connectivity index (χ0) is 16.2.